The first-order valence-corrected chi connectivity index (χ1v) is 11.4. The lowest BCUT2D eigenvalue weighted by molar-refractivity contribution is -0.114. The number of anilines is 1. The third kappa shape index (κ3) is 5.94. The molecule has 0 aliphatic carbocycles. The maximum atomic E-state index is 13.4. The number of ether oxygens (including phenoxy) is 2. The zero-order valence-electron chi connectivity index (χ0n) is 20.4. The van der Waals surface area contributed by atoms with E-state index in [2.05, 4.69) is 5.32 Å². The van der Waals surface area contributed by atoms with Crippen LogP contribution in [0.4, 0.5) is 5.69 Å². The summed E-state index contributed by atoms with van der Waals surface area (Å²) in [6, 6.07) is 13.9. The van der Waals surface area contributed by atoms with Crippen LogP contribution in [-0.4, -0.2) is 73.5 Å². The highest BCUT2D eigenvalue weighted by Gasteiger charge is 2.30. The molecule has 0 aromatic heterocycles. The van der Waals surface area contributed by atoms with Gasteiger partial charge in [0, 0.05) is 51.3 Å². The Morgan fingerprint density at radius 2 is 1.79 bits per heavy atom. The molecule has 1 N–H and O–H groups in total. The Balaban J connectivity index is 1.99. The lowest BCUT2D eigenvalue weighted by Crippen LogP contribution is -2.48. The molecule has 0 saturated carbocycles. The van der Waals surface area contributed by atoms with E-state index in [4.69, 9.17) is 9.47 Å². The van der Waals surface area contributed by atoms with Crippen LogP contribution in [-0.2, 0) is 9.53 Å². The SMILES string of the molecule is CO[C@H]1CN(C)C(=O)c2cc(NC(C)=O)ccc2OC[C@H](C)N(C(=O)c2ccccc2)C[C@H]1C. The summed E-state index contributed by atoms with van der Waals surface area (Å²) in [5, 5.41) is 2.71. The fraction of sp³-hybridized carbons (Fsp3) is 0.423. The Hall–Kier alpha value is -3.39. The van der Waals surface area contributed by atoms with Crippen LogP contribution in [0.5, 0.6) is 5.75 Å². The minimum atomic E-state index is -0.283. The van der Waals surface area contributed by atoms with E-state index in [1.165, 1.54) is 6.92 Å². The summed E-state index contributed by atoms with van der Waals surface area (Å²) >= 11 is 0. The van der Waals surface area contributed by atoms with Gasteiger partial charge in [0.05, 0.1) is 17.7 Å². The molecule has 8 nitrogen and oxygen atoms in total. The number of rotatable bonds is 3. The van der Waals surface area contributed by atoms with Crippen LogP contribution >= 0.6 is 0 Å². The van der Waals surface area contributed by atoms with Gasteiger partial charge in [0.2, 0.25) is 5.91 Å². The molecular weight excluding hydrogens is 434 g/mol. The molecule has 1 aliphatic heterocycles. The van der Waals surface area contributed by atoms with Gasteiger partial charge in [0.15, 0.2) is 0 Å². The fourth-order valence-electron chi connectivity index (χ4n) is 4.09. The predicted octanol–water partition coefficient (Wildman–Crippen LogP) is 3.29. The van der Waals surface area contributed by atoms with Crippen molar-refractivity contribution < 1.29 is 23.9 Å². The van der Waals surface area contributed by atoms with Crippen LogP contribution in [0.1, 0.15) is 41.5 Å². The molecule has 34 heavy (non-hydrogen) atoms. The van der Waals surface area contributed by atoms with Crippen molar-refractivity contribution in [2.45, 2.75) is 32.9 Å². The molecule has 0 spiro atoms. The highest BCUT2D eigenvalue weighted by atomic mass is 16.5. The predicted molar refractivity (Wildman–Crippen MR) is 130 cm³/mol. The maximum Gasteiger partial charge on any atom is 0.257 e. The topological polar surface area (TPSA) is 88.2 Å². The molecule has 8 heteroatoms. The molecule has 3 rings (SSSR count). The van der Waals surface area contributed by atoms with Gasteiger partial charge in [-0.1, -0.05) is 25.1 Å². The molecule has 0 unspecified atom stereocenters. The van der Waals surface area contributed by atoms with Gasteiger partial charge < -0.3 is 24.6 Å². The molecule has 2 aromatic carbocycles. The van der Waals surface area contributed by atoms with E-state index in [-0.39, 0.29) is 42.4 Å². The van der Waals surface area contributed by atoms with Gasteiger partial charge in [0.25, 0.3) is 11.8 Å². The Labute approximate surface area is 200 Å². The largest absolute Gasteiger partial charge is 0.491 e. The summed E-state index contributed by atoms with van der Waals surface area (Å²) in [5.74, 6) is -0.192. The molecule has 1 aliphatic rings. The number of likely N-dealkylation sites (N-methyl/N-ethyl adjacent to an activating group) is 1. The van der Waals surface area contributed by atoms with Crippen molar-refractivity contribution in [2.75, 3.05) is 39.2 Å². The van der Waals surface area contributed by atoms with Gasteiger partial charge in [-0.25, -0.2) is 0 Å². The molecule has 0 radical (unpaired) electrons. The first-order valence-electron chi connectivity index (χ1n) is 11.4. The molecule has 182 valence electrons. The molecule has 0 bridgehead atoms. The van der Waals surface area contributed by atoms with Crippen LogP contribution in [0, 0.1) is 5.92 Å². The summed E-state index contributed by atoms with van der Waals surface area (Å²) in [5.41, 5.74) is 1.45. The number of carbonyl (C=O) groups is 3. The normalized spacial score (nSPS) is 21.6. The Bertz CT molecular complexity index is 1030. The molecule has 3 amide bonds. The number of benzene rings is 2. The maximum absolute atomic E-state index is 13.4. The molecule has 3 atom stereocenters. The smallest absolute Gasteiger partial charge is 0.257 e. The van der Waals surface area contributed by atoms with Gasteiger partial charge in [0.1, 0.15) is 12.4 Å². The van der Waals surface area contributed by atoms with Crippen molar-refractivity contribution in [3.8, 4) is 5.75 Å². The number of amides is 3. The van der Waals surface area contributed by atoms with Crippen LogP contribution in [0.2, 0.25) is 0 Å². The van der Waals surface area contributed by atoms with E-state index < -0.39 is 0 Å². The van der Waals surface area contributed by atoms with E-state index in [1.54, 1.807) is 54.3 Å². The summed E-state index contributed by atoms with van der Waals surface area (Å²) in [6.07, 6.45) is -0.283. The van der Waals surface area contributed by atoms with Crippen molar-refractivity contribution in [3.63, 3.8) is 0 Å². The van der Waals surface area contributed by atoms with E-state index in [1.807, 2.05) is 32.0 Å². The summed E-state index contributed by atoms with van der Waals surface area (Å²) in [4.78, 5) is 41.6. The van der Waals surface area contributed by atoms with Crippen LogP contribution in [0.25, 0.3) is 0 Å². The molecule has 1 heterocycles. The monoisotopic (exact) mass is 467 g/mol. The zero-order valence-corrected chi connectivity index (χ0v) is 20.4. The van der Waals surface area contributed by atoms with E-state index in [9.17, 15) is 14.4 Å². The third-order valence-electron chi connectivity index (χ3n) is 6.05. The second kappa shape index (κ2) is 11.2. The molecular formula is C26H33N3O5. The highest BCUT2D eigenvalue weighted by Crippen LogP contribution is 2.27. The van der Waals surface area contributed by atoms with Gasteiger partial charge in [-0.3, -0.25) is 14.4 Å². The highest BCUT2D eigenvalue weighted by molar-refractivity contribution is 5.99. The molecule has 0 fully saturated rings. The zero-order chi connectivity index (χ0) is 24.8. The van der Waals surface area contributed by atoms with Gasteiger partial charge >= 0.3 is 0 Å². The second-order valence-electron chi connectivity index (χ2n) is 8.81. The average molecular weight is 468 g/mol. The summed E-state index contributed by atoms with van der Waals surface area (Å²) in [6.45, 7) is 6.34. The lowest BCUT2D eigenvalue weighted by atomic mass is 10.0. The van der Waals surface area contributed by atoms with E-state index >= 15 is 0 Å². The standard InChI is InChI=1S/C26H33N3O5/c1-17-14-29(25(31)20-9-7-6-8-10-20)18(2)16-34-23-12-11-21(27-19(3)30)13-22(23)26(32)28(4)15-24(17)33-5/h6-13,17-18,24H,14-16H2,1-5H3,(H,27,30)/t17-,18+,24+/m1/s1. The van der Waals surface area contributed by atoms with E-state index in [0.717, 1.165) is 0 Å². The number of carbonyl (C=O) groups excluding carboxylic acids is 3. The number of nitrogens with one attached hydrogen (secondary N) is 1. The third-order valence-corrected chi connectivity index (χ3v) is 6.05. The number of hydrogen-bond acceptors (Lipinski definition) is 5. The number of hydrogen-bond donors (Lipinski definition) is 1. The van der Waals surface area contributed by atoms with Crippen LogP contribution < -0.4 is 10.1 Å². The summed E-state index contributed by atoms with van der Waals surface area (Å²) < 4.78 is 11.8. The first-order chi connectivity index (χ1) is 16.2. The van der Waals surface area contributed by atoms with Crippen LogP contribution in [0.3, 0.4) is 0 Å². The number of methoxy groups -OCH3 is 1. The van der Waals surface area contributed by atoms with Crippen LogP contribution in [0.15, 0.2) is 48.5 Å². The molecule has 0 saturated heterocycles. The Morgan fingerprint density at radius 1 is 1.09 bits per heavy atom. The lowest BCUT2D eigenvalue weighted by Gasteiger charge is -2.36. The molecule has 2 aromatic rings. The number of fused-ring (bicyclic) bond motifs is 1. The number of nitrogens with zero attached hydrogens (tertiary/aromatic N) is 2. The van der Waals surface area contributed by atoms with Crippen molar-refractivity contribution in [1.29, 1.82) is 0 Å². The summed E-state index contributed by atoms with van der Waals surface area (Å²) in [7, 11) is 3.32. The van der Waals surface area contributed by atoms with Gasteiger partial charge in [-0.15, -0.1) is 0 Å². The quantitative estimate of drug-likeness (QED) is 0.748. The first kappa shape index (κ1) is 25.2. The van der Waals surface area contributed by atoms with Crippen molar-refractivity contribution in [3.05, 3.63) is 59.7 Å². The minimum absolute atomic E-state index is 0.0417. The van der Waals surface area contributed by atoms with Crippen molar-refractivity contribution in [2.24, 2.45) is 5.92 Å². The van der Waals surface area contributed by atoms with E-state index in [0.29, 0.717) is 35.7 Å². The average Bonchev–Trinajstić information content (AvgIpc) is 2.83. The second-order valence-corrected chi connectivity index (χ2v) is 8.81. The van der Waals surface area contributed by atoms with Crippen molar-refractivity contribution >= 4 is 23.4 Å². The van der Waals surface area contributed by atoms with Crippen molar-refractivity contribution in [1.82, 2.24) is 9.80 Å². The Kier molecular flexibility index (Phi) is 8.28. The Morgan fingerprint density at radius 3 is 2.44 bits per heavy atom. The minimum Gasteiger partial charge on any atom is -0.491 e. The fourth-order valence-corrected chi connectivity index (χ4v) is 4.09. The van der Waals surface area contributed by atoms with Gasteiger partial charge in [-0.2, -0.15) is 0 Å². The van der Waals surface area contributed by atoms with Gasteiger partial charge in [-0.05, 0) is 37.3 Å².